The van der Waals surface area contributed by atoms with Crippen LogP contribution in [0.3, 0.4) is 0 Å². The minimum atomic E-state index is -1.77. The Kier molecular flexibility index (Phi) is 38.4. The van der Waals surface area contributed by atoms with E-state index in [9.17, 15) is 45.3 Å². The fourth-order valence-electron chi connectivity index (χ4n) is 8.64. The Morgan fingerprint density at radius 1 is 0.471 bits per heavy atom. The van der Waals surface area contributed by atoms with Gasteiger partial charge < -0.3 is 64.2 Å². The number of aliphatic hydroxyl groups excluding tert-OH is 7. The van der Waals surface area contributed by atoms with Gasteiger partial charge in [-0.15, -0.1) is 0 Å². The normalized spacial score (nSPS) is 25.6. The maximum Gasteiger partial charge on any atom is 0.306 e. The molecular formula is C55H98O15. The van der Waals surface area contributed by atoms with Crippen LogP contribution in [0.5, 0.6) is 0 Å². The molecular weight excluding hydrogens is 901 g/mol. The highest BCUT2D eigenvalue weighted by Crippen LogP contribution is 2.27. The highest BCUT2D eigenvalue weighted by molar-refractivity contribution is 5.70. The molecule has 4 unspecified atom stereocenters. The third-order valence-corrected chi connectivity index (χ3v) is 13.1. The van der Waals surface area contributed by atoms with Gasteiger partial charge in [0.25, 0.3) is 0 Å². The lowest BCUT2D eigenvalue weighted by Crippen LogP contribution is -2.61. The van der Waals surface area contributed by atoms with Crippen molar-refractivity contribution < 1.29 is 73.8 Å². The summed E-state index contributed by atoms with van der Waals surface area (Å²) in [7, 11) is 0. The maximum absolute atomic E-state index is 13.0. The molecule has 0 aromatic carbocycles. The van der Waals surface area contributed by atoms with Crippen molar-refractivity contribution in [1.82, 2.24) is 0 Å². The second-order valence-corrected chi connectivity index (χ2v) is 19.4. The quantitative estimate of drug-likeness (QED) is 0.0173. The fourth-order valence-corrected chi connectivity index (χ4v) is 8.64. The zero-order valence-corrected chi connectivity index (χ0v) is 43.3. The first-order chi connectivity index (χ1) is 34.0. The Morgan fingerprint density at radius 3 is 1.41 bits per heavy atom. The first kappa shape index (κ1) is 63.8. The van der Waals surface area contributed by atoms with E-state index in [4.69, 9.17) is 28.4 Å². The van der Waals surface area contributed by atoms with Gasteiger partial charge in [-0.25, -0.2) is 0 Å². The predicted molar refractivity (Wildman–Crippen MR) is 270 cm³/mol. The Hall–Kier alpha value is -2.28. The van der Waals surface area contributed by atoms with Crippen LogP contribution in [-0.4, -0.2) is 142 Å². The standard InChI is InChI=1S/C55H98O15/c1-3-5-7-9-11-13-15-17-19-20-21-22-24-26-28-30-32-34-36-38-47(58)68-43(40-65-46(57)37-35-33-31-29-27-25-23-18-16-14-12-10-8-6-4-2)41-66-54-53(64)51(62)49(60)45(70-54)42-67-55-52(63)50(61)48(59)44(39-56)69-55/h6,8,12,14,18,23,43-45,48-56,59-64H,3-5,7,9-11,13,15-17,19-22,24-42H2,1-2H3/b8-6+,14-12+,23-18+/t43-,44+,45+,48-,49-,50?,51?,52?,53?,54+,55+/m1/s1. The third kappa shape index (κ3) is 29.4. The summed E-state index contributed by atoms with van der Waals surface area (Å²) in [5.41, 5.74) is 0. The van der Waals surface area contributed by atoms with E-state index in [1.807, 2.05) is 0 Å². The van der Waals surface area contributed by atoms with Gasteiger partial charge >= 0.3 is 11.9 Å². The lowest BCUT2D eigenvalue weighted by atomic mass is 9.98. The Bertz CT molecular complexity index is 1360. The van der Waals surface area contributed by atoms with Crippen molar-refractivity contribution in [2.75, 3.05) is 26.4 Å². The average Bonchev–Trinajstić information content (AvgIpc) is 3.35. The highest BCUT2D eigenvalue weighted by atomic mass is 16.7. The summed E-state index contributed by atoms with van der Waals surface area (Å²) < 4.78 is 33.6. The molecule has 2 aliphatic heterocycles. The van der Waals surface area contributed by atoms with Gasteiger partial charge in [0.1, 0.15) is 55.4 Å². The second-order valence-electron chi connectivity index (χ2n) is 19.4. The van der Waals surface area contributed by atoms with Gasteiger partial charge in [-0.2, -0.15) is 0 Å². The topological polar surface area (TPSA) is 231 Å². The summed E-state index contributed by atoms with van der Waals surface area (Å²) in [6, 6.07) is 0. The molecule has 7 N–H and O–H groups in total. The van der Waals surface area contributed by atoms with Crippen molar-refractivity contribution in [3.63, 3.8) is 0 Å². The van der Waals surface area contributed by atoms with Gasteiger partial charge in [-0.05, 0) is 44.9 Å². The number of unbranched alkanes of at least 4 members (excludes halogenated alkanes) is 23. The number of allylic oxidation sites excluding steroid dienone is 6. The summed E-state index contributed by atoms with van der Waals surface area (Å²) in [6.45, 7) is 2.49. The van der Waals surface area contributed by atoms with Crippen molar-refractivity contribution in [3.05, 3.63) is 36.5 Å². The first-order valence-corrected chi connectivity index (χ1v) is 27.6. The number of carbonyl (C=O) groups excluding carboxylic acids is 2. The number of hydrogen-bond acceptors (Lipinski definition) is 15. The number of hydrogen-bond donors (Lipinski definition) is 7. The van der Waals surface area contributed by atoms with Crippen LogP contribution in [0, 0.1) is 0 Å². The van der Waals surface area contributed by atoms with Crippen LogP contribution in [0.2, 0.25) is 0 Å². The molecule has 0 radical (unpaired) electrons. The SMILES string of the molecule is CC/C=C/C/C=C/C/C=C/CCCCCCCC(=O)OC[C@H](CO[C@H]1O[C@@H](CO[C@H]2O[C@@H](CO)[C@@H](O)C(O)C2O)[C@@H](O)C(O)C1O)OC(=O)CCCCCCCCCCCCCCCCCCCCC. The van der Waals surface area contributed by atoms with Crippen LogP contribution in [0.1, 0.15) is 206 Å². The van der Waals surface area contributed by atoms with Gasteiger partial charge in [-0.3, -0.25) is 9.59 Å². The molecule has 0 aliphatic carbocycles. The summed E-state index contributed by atoms with van der Waals surface area (Å²) in [5, 5.41) is 72.2. The molecule has 0 spiro atoms. The number of aliphatic hydroxyl groups is 7. The van der Waals surface area contributed by atoms with Crippen LogP contribution in [0.25, 0.3) is 0 Å². The van der Waals surface area contributed by atoms with Crippen molar-refractivity contribution in [2.24, 2.45) is 0 Å². The molecule has 2 heterocycles. The number of ether oxygens (including phenoxy) is 6. The zero-order chi connectivity index (χ0) is 51.0. The van der Waals surface area contributed by atoms with Crippen LogP contribution in [0.15, 0.2) is 36.5 Å². The van der Waals surface area contributed by atoms with Crippen molar-refractivity contribution in [2.45, 2.75) is 274 Å². The molecule has 11 atom stereocenters. The van der Waals surface area contributed by atoms with E-state index < -0.39 is 92.7 Å². The molecule has 0 amide bonds. The summed E-state index contributed by atoms with van der Waals surface area (Å²) in [6.07, 6.45) is 28.8. The van der Waals surface area contributed by atoms with Gasteiger partial charge in [0.2, 0.25) is 0 Å². The van der Waals surface area contributed by atoms with Crippen molar-refractivity contribution >= 4 is 11.9 Å². The van der Waals surface area contributed by atoms with Crippen molar-refractivity contribution in [3.8, 4) is 0 Å². The van der Waals surface area contributed by atoms with E-state index >= 15 is 0 Å². The van der Waals surface area contributed by atoms with E-state index in [1.54, 1.807) is 0 Å². The van der Waals surface area contributed by atoms with Crippen LogP contribution < -0.4 is 0 Å². The summed E-state index contributed by atoms with van der Waals surface area (Å²) in [4.78, 5) is 25.8. The van der Waals surface area contributed by atoms with E-state index in [2.05, 4.69) is 50.3 Å². The van der Waals surface area contributed by atoms with Gasteiger partial charge in [0, 0.05) is 12.8 Å². The lowest BCUT2D eigenvalue weighted by Gasteiger charge is -2.42. The molecule has 15 nitrogen and oxygen atoms in total. The predicted octanol–water partition coefficient (Wildman–Crippen LogP) is 8.49. The lowest BCUT2D eigenvalue weighted by molar-refractivity contribution is -0.332. The molecule has 0 saturated carbocycles. The third-order valence-electron chi connectivity index (χ3n) is 13.1. The molecule has 70 heavy (non-hydrogen) atoms. The Labute approximate surface area is 421 Å². The molecule has 15 heteroatoms. The van der Waals surface area contributed by atoms with E-state index in [1.165, 1.54) is 96.3 Å². The van der Waals surface area contributed by atoms with E-state index in [0.29, 0.717) is 12.8 Å². The molecule has 0 bridgehead atoms. The molecule has 2 aliphatic rings. The number of carbonyl (C=O) groups is 2. The van der Waals surface area contributed by atoms with Gasteiger partial charge in [0.05, 0.1) is 19.8 Å². The number of esters is 2. The minimum absolute atomic E-state index is 0.165. The second kappa shape index (κ2) is 42.1. The molecule has 2 fully saturated rings. The minimum Gasteiger partial charge on any atom is -0.462 e. The molecule has 2 rings (SSSR count). The van der Waals surface area contributed by atoms with Crippen LogP contribution in [-0.2, 0) is 38.0 Å². The van der Waals surface area contributed by atoms with Crippen molar-refractivity contribution in [1.29, 1.82) is 0 Å². The first-order valence-electron chi connectivity index (χ1n) is 27.6. The largest absolute Gasteiger partial charge is 0.462 e. The Morgan fingerprint density at radius 2 is 0.900 bits per heavy atom. The zero-order valence-electron chi connectivity index (χ0n) is 43.3. The highest BCUT2D eigenvalue weighted by Gasteiger charge is 2.47. The Balaban J connectivity index is 1.78. The molecule has 2 saturated heterocycles. The molecule has 0 aromatic heterocycles. The van der Waals surface area contributed by atoms with E-state index in [0.717, 1.165) is 70.6 Å². The van der Waals surface area contributed by atoms with Gasteiger partial charge in [-0.1, -0.05) is 185 Å². The van der Waals surface area contributed by atoms with Crippen LogP contribution in [0.4, 0.5) is 0 Å². The fraction of sp³-hybridized carbons (Fsp3) is 0.855. The smallest absolute Gasteiger partial charge is 0.306 e. The van der Waals surface area contributed by atoms with Crippen LogP contribution >= 0.6 is 0 Å². The summed E-state index contributed by atoms with van der Waals surface area (Å²) in [5.74, 6) is -0.937. The number of rotatable bonds is 43. The van der Waals surface area contributed by atoms with E-state index in [-0.39, 0.29) is 26.1 Å². The molecule has 0 aromatic rings. The maximum atomic E-state index is 13.0. The molecule has 408 valence electrons. The monoisotopic (exact) mass is 999 g/mol. The average molecular weight is 999 g/mol. The summed E-state index contributed by atoms with van der Waals surface area (Å²) >= 11 is 0. The van der Waals surface area contributed by atoms with Gasteiger partial charge in [0.15, 0.2) is 18.7 Å².